The van der Waals surface area contributed by atoms with E-state index >= 15 is 0 Å². The average Bonchev–Trinajstić information content (AvgIpc) is 3.45. The highest BCUT2D eigenvalue weighted by Gasteiger charge is 2.65. The highest BCUT2D eigenvalue weighted by Crippen LogP contribution is 2.50. The molecule has 0 bridgehead atoms. The molecule has 1 saturated heterocycles. The van der Waals surface area contributed by atoms with Gasteiger partial charge in [0, 0.05) is 23.7 Å². The molecule has 10 heteroatoms. The largest absolute Gasteiger partial charge is 0.481 e. The lowest BCUT2D eigenvalue weighted by molar-refractivity contribution is -0.120. The number of methoxy groups -OCH3 is 1. The van der Waals surface area contributed by atoms with Crippen LogP contribution in [0, 0.1) is 0 Å². The molecule has 2 fully saturated rings. The summed E-state index contributed by atoms with van der Waals surface area (Å²) in [5.41, 5.74) is -4.26. The molecule has 1 aliphatic heterocycles. The molecule has 1 aromatic carbocycles. The Kier molecular flexibility index (Phi) is 4.68. The second-order valence-corrected chi connectivity index (χ2v) is 7.93. The number of imide groups is 1. The smallest absolute Gasteiger partial charge is 0.446 e. The van der Waals surface area contributed by atoms with Crippen molar-refractivity contribution in [1.29, 1.82) is 0 Å². The summed E-state index contributed by atoms with van der Waals surface area (Å²) in [4.78, 5) is 32.6. The van der Waals surface area contributed by atoms with Gasteiger partial charge in [0.25, 0.3) is 5.91 Å². The first-order valence-electron chi connectivity index (χ1n) is 8.74. The third-order valence-electron chi connectivity index (χ3n) is 4.94. The molecule has 4 rings (SSSR count). The van der Waals surface area contributed by atoms with Crippen molar-refractivity contribution in [2.75, 3.05) is 12.0 Å². The van der Waals surface area contributed by atoms with Gasteiger partial charge in [0.05, 0.1) is 12.8 Å². The van der Waals surface area contributed by atoms with Crippen LogP contribution in [0.15, 0.2) is 47.5 Å². The first-order valence-corrected chi connectivity index (χ1v) is 9.56. The van der Waals surface area contributed by atoms with Crippen LogP contribution in [0.2, 0.25) is 0 Å². The molecule has 2 aromatic rings. The Morgan fingerprint density at radius 1 is 1.17 bits per heavy atom. The van der Waals surface area contributed by atoms with Gasteiger partial charge in [-0.25, -0.2) is 14.7 Å². The summed E-state index contributed by atoms with van der Waals surface area (Å²) in [7, 11) is 1.49. The van der Waals surface area contributed by atoms with Crippen molar-refractivity contribution >= 4 is 29.4 Å². The van der Waals surface area contributed by atoms with E-state index in [1.807, 2.05) is 0 Å². The number of nitrogens with zero attached hydrogens (tertiary/aromatic N) is 3. The number of halogens is 3. The molecular weight excluding hydrogens is 407 g/mol. The van der Waals surface area contributed by atoms with E-state index in [1.54, 1.807) is 18.3 Å². The number of thioether (sulfide) groups is 1. The summed E-state index contributed by atoms with van der Waals surface area (Å²) in [5, 5.41) is 0. The number of alkyl halides is 3. The lowest BCUT2D eigenvalue weighted by Gasteiger charge is -2.21. The number of carbonyl (C=O) groups excluding carboxylic acids is 2. The Labute approximate surface area is 168 Å². The van der Waals surface area contributed by atoms with Gasteiger partial charge in [-0.2, -0.15) is 13.2 Å². The topological polar surface area (TPSA) is 62.7 Å². The molecule has 29 heavy (non-hydrogen) atoms. The molecule has 3 amide bonds. The minimum Gasteiger partial charge on any atom is -0.481 e. The number of hydrogen-bond acceptors (Lipinski definition) is 5. The van der Waals surface area contributed by atoms with Crippen molar-refractivity contribution in [2.45, 2.75) is 35.3 Å². The van der Waals surface area contributed by atoms with E-state index in [0.717, 1.165) is 10.5 Å². The van der Waals surface area contributed by atoms with Crippen molar-refractivity contribution in [2.24, 2.45) is 0 Å². The highest BCUT2D eigenvalue weighted by atomic mass is 32.2. The van der Waals surface area contributed by atoms with E-state index < -0.39 is 17.1 Å². The number of urea groups is 1. The second-order valence-electron chi connectivity index (χ2n) is 6.79. The van der Waals surface area contributed by atoms with Crippen molar-refractivity contribution in [1.82, 2.24) is 9.88 Å². The first kappa shape index (κ1) is 19.6. The second kappa shape index (κ2) is 6.94. The molecule has 152 valence electrons. The SMILES string of the molecule is COc1cc(CN2C(=O)N(c3ccc(SC(F)(F)F)cc3)C(=O)C23CC3)ccn1. The Morgan fingerprint density at radius 3 is 2.45 bits per heavy atom. The Morgan fingerprint density at radius 2 is 1.86 bits per heavy atom. The third-order valence-corrected chi connectivity index (χ3v) is 5.68. The van der Waals surface area contributed by atoms with Gasteiger partial charge in [-0.3, -0.25) is 4.79 Å². The van der Waals surface area contributed by atoms with E-state index in [0.29, 0.717) is 18.7 Å². The highest BCUT2D eigenvalue weighted by molar-refractivity contribution is 8.00. The van der Waals surface area contributed by atoms with Gasteiger partial charge in [-0.05, 0) is 60.5 Å². The van der Waals surface area contributed by atoms with Gasteiger partial charge < -0.3 is 9.64 Å². The van der Waals surface area contributed by atoms with Gasteiger partial charge in [0.2, 0.25) is 5.88 Å². The van der Waals surface area contributed by atoms with Crippen LogP contribution in [0.3, 0.4) is 0 Å². The maximum Gasteiger partial charge on any atom is 0.446 e. The number of rotatable bonds is 5. The molecule has 1 spiro atoms. The summed E-state index contributed by atoms with van der Waals surface area (Å²) >= 11 is -0.245. The summed E-state index contributed by atoms with van der Waals surface area (Å²) in [6, 6.07) is 8.17. The lowest BCUT2D eigenvalue weighted by Crippen LogP contribution is -2.36. The number of pyridine rings is 1. The Hall–Kier alpha value is -2.75. The number of ether oxygens (including phenoxy) is 1. The van der Waals surface area contributed by atoms with Gasteiger partial charge in [0.15, 0.2) is 0 Å². The van der Waals surface area contributed by atoms with Crippen LogP contribution in [-0.4, -0.2) is 40.0 Å². The normalized spacial score (nSPS) is 17.9. The van der Waals surface area contributed by atoms with E-state index in [2.05, 4.69) is 4.98 Å². The van der Waals surface area contributed by atoms with E-state index in [4.69, 9.17) is 4.74 Å². The molecule has 1 saturated carbocycles. The van der Waals surface area contributed by atoms with E-state index in [-0.39, 0.29) is 34.8 Å². The van der Waals surface area contributed by atoms with Crippen LogP contribution < -0.4 is 9.64 Å². The van der Waals surface area contributed by atoms with Crippen LogP contribution in [0.1, 0.15) is 18.4 Å². The third kappa shape index (κ3) is 3.64. The van der Waals surface area contributed by atoms with E-state index in [1.165, 1.54) is 36.3 Å². The molecule has 2 aliphatic rings. The summed E-state index contributed by atoms with van der Waals surface area (Å²) < 4.78 is 42.6. The van der Waals surface area contributed by atoms with Crippen molar-refractivity contribution in [3.63, 3.8) is 0 Å². The molecule has 1 aliphatic carbocycles. The molecule has 1 aromatic heterocycles. The molecule has 0 radical (unpaired) electrons. The quantitative estimate of drug-likeness (QED) is 0.533. The fraction of sp³-hybridized carbons (Fsp3) is 0.316. The fourth-order valence-electron chi connectivity index (χ4n) is 3.40. The van der Waals surface area contributed by atoms with E-state index in [9.17, 15) is 22.8 Å². The zero-order valence-corrected chi connectivity index (χ0v) is 16.1. The number of hydrogen-bond donors (Lipinski definition) is 0. The zero-order valence-electron chi connectivity index (χ0n) is 15.3. The lowest BCUT2D eigenvalue weighted by atomic mass is 10.2. The van der Waals surface area contributed by atoms with Crippen molar-refractivity contribution in [3.8, 4) is 5.88 Å². The molecule has 0 unspecified atom stereocenters. The predicted octanol–water partition coefficient (Wildman–Crippen LogP) is 4.20. The number of carbonyl (C=O) groups is 2. The average molecular weight is 423 g/mol. The molecule has 2 heterocycles. The van der Waals surface area contributed by atoms with Gasteiger partial charge in [0.1, 0.15) is 5.54 Å². The van der Waals surface area contributed by atoms with Crippen LogP contribution in [0.25, 0.3) is 0 Å². The minimum absolute atomic E-state index is 0.0118. The van der Waals surface area contributed by atoms with Gasteiger partial charge in [-0.1, -0.05) is 0 Å². The fourth-order valence-corrected chi connectivity index (χ4v) is 3.94. The van der Waals surface area contributed by atoms with Crippen LogP contribution >= 0.6 is 11.8 Å². The van der Waals surface area contributed by atoms with Crippen LogP contribution in [0.5, 0.6) is 5.88 Å². The maximum absolute atomic E-state index is 13.0. The number of amides is 3. The predicted molar refractivity (Wildman–Crippen MR) is 99.5 cm³/mol. The van der Waals surface area contributed by atoms with Crippen molar-refractivity contribution < 1.29 is 27.5 Å². The summed E-state index contributed by atoms with van der Waals surface area (Å²) in [5.74, 6) is 0.0553. The van der Waals surface area contributed by atoms with Gasteiger partial charge >= 0.3 is 11.5 Å². The molecule has 0 atom stereocenters. The molecular formula is C19H16F3N3O3S. The number of benzene rings is 1. The maximum atomic E-state index is 13.0. The zero-order chi connectivity index (χ0) is 20.8. The molecule has 6 nitrogen and oxygen atoms in total. The minimum atomic E-state index is -4.40. The summed E-state index contributed by atoms with van der Waals surface area (Å²) in [6.07, 6.45) is 2.67. The van der Waals surface area contributed by atoms with Crippen LogP contribution in [0.4, 0.5) is 23.7 Å². The van der Waals surface area contributed by atoms with Crippen molar-refractivity contribution in [3.05, 3.63) is 48.2 Å². The monoisotopic (exact) mass is 423 g/mol. The first-order chi connectivity index (χ1) is 13.7. The standard InChI is InChI=1S/C19H16F3N3O3S/c1-28-15-10-12(6-9-23-15)11-24-17(27)25(16(26)18(24)7-8-18)13-2-4-14(5-3-13)29-19(20,21)22/h2-6,9-10H,7-8,11H2,1H3. The van der Waals surface area contributed by atoms with Gasteiger partial charge in [-0.15, -0.1) is 0 Å². The Balaban J connectivity index is 1.58. The number of anilines is 1. The molecule has 0 N–H and O–H groups in total. The Bertz CT molecular complexity index is 961. The summed E-state index contributed by atoms with van der Waals surface area (Å²) in [6.45, 7) is 0.210. The van der Waals surface area contributed by atoms with Crippen LogP contribution in [-0.2, 0) is 11.3 Å². The number of aromatic nitrogens is 1.